The van der Waals surface area contributed by atoms with Crippen LogP contribution in [0.1, 0.15) is 33.1 Å². The fourth-order valence-corrected chi connectivity index (χ4v) is 4.56. The van der Waals surface area contributed by atoms with Gasteiger partial charge in [0.15, 0.2) is 0 Å². The molecule has 0 aromatic heterocycles. The molecule has 0 spiro atoms. The van der Waals surface area contributed by atoms with Crippen molar-refractivity contribution in [3.8, 4) is 0 Å². The van der Waals surface area contributed by atoms with Crippen LogP contribution < -0.4 is 5.73 Å². The third kappa shape index (κ3) is 1.04. The lowest BCUT2D eigenvalue weighted by atomic mass is 9.90. The molecule has 2 heteroatoms. The summed E-state index contributed by atoms with van der Waals surface area (Å²) in [6.07, 6.45) is 4.17. The zero-order valence-electron chi connectivity index (χ0n) is 8.10. The molecule has 2 atom stereocenters. The van der Waals surface area contributed by atoms with E-state index < -0.39 is 0 Å². The van der Waals surface area contributed by atoms with Gasteiger partial charge in [-0.05, 0) is 37.0 Å². The van der Waals surface area contributed by atoms with Crippen molar-refractivity contribution in [3.63, 3.8) is 0 Å². The highest BCUT2D eigenvalue weighted by atomic mass is 32.2. The summed E-state index contributed by atoms with van der Waals surface area (Å²) in [6.45, 7) is 5.65. The highest BCUT2D eigenvalue weighted by Crippen LogP contribution is 2.68. The molecule has 2 N–H and O–H groups in total. The molecule has 1 aliphatic heterocycles. The van der Waals surface area contributed by atoms with Gasteiger partial charge in [0.05, 0.1) is 0 Å². The molecule has 0 amide bonds. The predicted molar refractivity (Wildman–Crippen MR) is 55.4 cm³/mol. The molecule has 1 nitrogen and oxygen atoms in total. The van der Waals surface area contributed by atoms with E-state index >= 15 is 0 Å². The summed E-state index contributed by atoms with van der Waals surface area (Å²) in [5.74, 6) is 1.36. The first-order valence-electron chi connectivity index (χ1n) is 4.94. The van der Waals surface area contributed by atoms with Gasteiger partial charge in [-0.25, -0.2) is 0 Å². The van der Waals surface area contributed by atoms with Crippen molar-refractivity contribution in [2.24, 2.45) is 16.6 Å². The van der Waals surface area contributed by atoms with E-state index in [9.17, 15) is 0 Å². The number of hydrogen-bond acceptors (Lipinski definition) is 2. The van der Waals surface area contributed by atoms with Gasteiger partial charge in [0.25, 0.3) is 0 Å². The van der Waals surface area contributed by atoms with Gasteiger partial charge in [0, 0.05) is 10.7 Å². The summed E-state index contributed by atoms with van der Waals surface area (Å²) < 4.78 is 0. The topological polar surface area (TPSA) is 26.0 Å². The molecule has 0 aromatic carbocycles. The second kappa shape index (κ2) is 2.65. The standard InChI is InChI=1S/C10H19NS/c1-9(2)6-10(9,7-11)8-4-3-5-12-8/h8H,3-7,11H2,1-2H3. The van der Waals surface area contributed by atoms with E-state index in [1.54, 1.807) is 0 Å². The molecule has 2 unspecified atom stereocenters. The molecular weight excluding hydrogens is 166 g/mol. The molecule has 0 radical (unpaired) electrons. The number of hydrogen-bond donors (Lipinski definition) is 1. The van der Waals surface area contributed by atoms with Gasteiger partial charge in [-0.3, -0.25) is 0 Å². The Morgan fingerprint density at radius 3 is 2.50 bits per heavy atom. The third-order valence-electron chi connectivity index (χ3n) is 3.89. The fourth-order valence-electron chi connectivity index (χ4n) is 2.79. The second-order valence-corrected chi connectivity index (χ2v) is 6.23. The lowest BCUT2D eigenvalue weighted by Crippen LogP contribution is -2.30. The van der Waals surface area contributed by atoms with E-state index in [2.05, 4.69) is 25.6 Å². The van der Waals surface area contributed by atoms with Gasteiger partial charge in [-0.15, -0.1) is 0 Å². The number of nitrogens with two attached hydrogens (primary N) is 1. The third-order valence-corrected chi connectivity index (χ3v) is 5.50. The van der Waals surface area contributed by atoms with Crippen LogP contribution in [0.3, 0.4) is 0 Å². The molecule has 1 saturated carbocycles. The molecule has 0 aromatic rings. The van der Waals surface area contributed by atoms with Crippen molar-refractivity contribution >= 4 is 11.8 Å². The quantitative estimate of drug-likeness (QED) is 0.714. The molecule has 0 bridgehead atoms. The molecule has 1 heterocycles. The molecule has 12 heavy (non-hydrogen) atoms. The minimum atomic E-state index is 0.508. The molecule has 1 saturated heterocycles. The van der Waals surface area contributed by atoms with Crippen LogP contribution in [0, 0.1) is 10.8 Å². The Kier molecular flexibility index (Phi) is 1.96. The van der Waals surface area contributed by atoms with E-state index in [0.29, 0.717) is 10.8 Å². The van der Waals surface area contributed by atoms with Gasteiger partial charge >= 0.3 is 0 Å². The largest absolute Gasteiger partial charge is 0.330 e. The van der Waals surface area contributed by atoms with Crippen molar-refractivity contribution < 1.29 is 0 Å². The highest BCUT2D eigenvalue weighted by molar-refractivity contribution is 8.00. The normalized spacial score (nSPS) is 44.8. The van der Waals surface area contributed by atoms with E-state index in [1.165, 1.54) is 25.0 Å². The van der Waals surface area contributed by atoms with Crippen molar-refractivity contribution in [2.45, 2.75) is 38.4 Å². The predicted octanol–water partition coefficient (Wildman–Crippen LogP) is 2.26. The molecule has 2 rings (SSSR count). The summed E-state index contributed by atoms with van der Waals surface area (Å²) >= 11 is 2.16. The summed E-state index contributed by atoms with van der Waals surface area (Å²) in [6, 6.07) is 0. The lowest BCUT2D eigenvalue weighted by molar-refractivity contribution is 0.372. The monoisotopic (exact) mass is 185 g/mol. The Morgan fingerprint density at radius 2 is 2.17 bits per heavy atom. The van der Waals surface area contributed by atoms with Gasteiger partial charge in [0.2, 0.25) is 0 Å². The van der Waals surface area contributed by atoms with Gasteiger partial charge in [-0.1, -0.05) is 13.8 Å². The first-order valence-corrected chi connectivity index (χ1v) is 5.99. The number of thioether (sulfide) groups is 1. The lowest BCUT2D eigenvalue weighted by Gasteiger charge is -2.24. The van der Waals surface area contributed by atoms with Crippen molar-refractivity contribution in [2.75, 3.05) is 12.3 Å². The fraction of sp³-hybridized carbons (Fsp3) is 1.00. The van der Waals surface area contributed by atoms with Crippen LogP contribution in [-0.4, -0.2) is 17.5 Å². The van der Waals surface area contributed by atoms with Crippen LogP contribution in [0.2, 0.25) is 0 Å². The maximum absolute atomic E-state index is 5.91. The average molecular weight is 185 g/mol. The van der Waals surface area contributed by atoms with Crippen LogP contribution in [-0.2, 0) is 0 Å². The van der Waals surface area contributed by atoms with E-state index in [0.717, 1.165) is 11.8 Å². The van der Waals surface area contributed by atoms with Gasteiger partial charge in [0.1, 0.15) is 0 Å². The highest BCUT2D eigenvalue weighted by Gasteiger charge is 2.64. The van der Waals surface area contributed by atoms with Crippen molar-refractivity contribution in [1.29, 1.82) is 0 Å². The van der Waals surface area contributed by atoms with Crippen LogP contribution in [0.5, 0.6) is 0 Å². The molecule has 70 valence electrons. The average Bonchev–Trinajstić information content (AvgIpc) is 2.52. The maximum Gasteiger partial charge on any atom is 0.0121 e. The Bertz CT molecular complexity index is 184. The molecule has 2 fully saturated rings. The van der Waals surface area contributed by atoms with Crippen LogP contribution in [0.4, 0.5) is 0 Å². The Labute approximate surface area is 79.5 Å². The van der Waals surface area contributed by atoms with Crippen molar-refractivity contribution in [3.05, 3.63) is 0 Å². The first-order chi connectivity index (χ1) is 5.62. The summed E-state index contributed by atoms with van der Waals surface area (Å²) in [4.78, 5) is 0. The smallest absolute Gasteiger partial charge is 0.0121 e. The van der Waals surface area contributed by atoms with Crippen LogP contribution >= 0.6 is 11.8 Å². The number of rotatable bonds is 2. The minimum absolute atomic E-state index is 0.508. The molecule has 2 aliphatic rings. The summed E-state index contributed by atoms with van der Waals surface area (Å²) in [7, 11) is 0. The maximum atomic E-state index is 5.91. The van der Waals surface area contributed by atoms with E-state index in [4.69, 9.17) is 5.73 Å². The minimum Gasteiger partial charge on any atom is -0.330 e. The van der Waals surface area contributed by atoms with Crippen molar-refractivity contribution in [1.82, 2.24) is 0 Å². The van der Waals surface area contributed by atoms with Gasteiger partial charge < -0.3 is 5.73 Å². The zero-order valence-corrected chi connectivity index (χ0v) is 8.91. The summed E-state index contributed by atoms with van der Waals surface area (Å²) in [5.41, 5.74) is 6.95. The SMILES string of the molecule is CC1(C)CC1(CN)C1CCCS1. The summed E-state index contributed by atoms with van der Waals surface area (Å²) in [5, 5.41) is 0.873. The Hall–Kier alpha value is 0.310. The Balaban J connectivity index is 2.09. The molecular formula is C10H19NS. The van der Waals surface area contributed by atoms with Crippen LogP contribution in [0.25, 0.3) is 0 Å². The second-order valence-electron chi connectivity index (χ2n) is 4.92. The Morgan fingerprint density at radius 1 is 1.50 bits per heavy atom. The van der Waals surface area contributed by atoms with Crippen LogP contribution in [0.15, 0.2) is 0 Å². The van der Waals surface area contributed by atoms with E-state index in [-0.39, 0.29) is 0 Å². The molecule has 1 aliphatic carbocycles. The van der Waals surface area contributed by atoms with Gasteiger partial charge in [-0.2, -0.15) is 11.8 Å². The first kappa shape index (κ1) is 8.89. The van der Waals surface area contributed by atoms with E-state index in [1.807, 2.05) is 0 Å². The zero-order chi connectivity index (χ0) is 8.82.